The summed E-state index contributed by atoms with van der Waals surface area (Å²) in [4.78, 5) is 5.07. The number of rotatable bonds is 6. The van der Waals surface area contributed by atoms with Crippen LogP contribution >= 0.6 is 15.9 Å². The van der Waals surface area contributed by atoms with Crippen molar-refractivity contribution >= 4 is 15.9 Å². The Bertz CT molecular complexity index is 307. The molecule has 1 aromatic rings. The summed E-state index contributed by atoms with van der Waals surface area (Å²) in [5.41, 5.74) is 3.52. The molecular formula is C10H14BrNO3. The van der Waals surface area contributed by atoms with E-state index in [1.807, 2.05) is 12.1 Å². The molecule has 5 heteroatoms. The van der Waals surface area contributed by atoms with E-state index in [2.05, 4.69) is 21.4 Å². The molecule has 0 atom stereocenters. The molecule has 1 aromatic carbocycles. The van der Waals surface area contributed by atoms with E-state index >= 15 is 0 Å². The maximum absolute atomic E-state index is 9.63. The lowest BCUT2D eigenvalue weighted by molar-refractivity contribution is 0.00321. The predicted molar refractivity (Wildman–Crippen MR) is 60.5 cm³/mol. The molecule has 0 bridgehead atoms. The van der Waals surface area contributed by atoms with Gasteiger partial charge >= 0.3 is 0 Å². The molecule has 1 rings (SSSR count). The number of hydroxylamine groups is 1. The number of aromatic hydroxyl groups is 1. The molecule has 0 spiro atoms. The maximum Gasteiger partial charge on any atom is 0.134 e. The number of benzene rings is 1. The van der Waals surface area contributed by atoms with Crippen LogP contribution in [0.5, 0.6) is 5.75 Å². The molecule has 0 fully saturated rings. The van der Waals surface area contributed by atoms with Crippen molar-refractivity contribution in [3.63, 3.8) is 0 Å². The van der Waals surface area contributed by atoms with E-state index in [1.165, 1.54) is 0 Å². The summed E-state index contributed by atoms with van der Waals surface area (Å²) in [6, 6.07) is 5.47. The first kappa shape index (κ1) is 12.4. The zero-order chi connectivity index (χ0) is 11.1. The topological polar surface area (TPSA) is 50.7 Å². The number of phenols is 1. The van der Waals surface area contributed by atoms with Crippen molar-refractivity contribution < 1.29 is 14.7 Å². The number of para-hydroxylation sites is 1. The van der Waals surface area contributed by atoms with Gasteiger partial charge in [0.15, 0.2) is 0 Å². The lowest BCUT2D eigenvalue weighted by Gasteiger charge is -2.07. The quantitative estimate of drug-likeness (QED) is 0.614. The highest BCUT2D eigenvalue weighted by Gasteiger charge is 2.03. The number of nitrogens with one attached hydrogen (secondary N) is 1. The van der Waals surface area contributed by atoms with Crippen LogP contribution in [0.25, 0.3) is 0 Å². The third-order valence-corrected chi connectivity index (χ3v) is 2.46. The summed E-state index contributed by atoms with van der Waals surface area (Å²) >= 11 is 3.24. The molecule has 4 nitrogen and oxygen atoms in total. The second kappa shape index (κ2) is 6.79. The number of methoxy groups -OCH3 is 1. The van der Waals surface area contributed by atoms with Crippen LogP contribution in [0.2, 0.25) is 0 Å². The number of phenolic OH excluding ortho intramolecular Hbond substituents is 1. The smallest absolute Gasteiger partial charge is 0.134 e. The van der Waals surface area contributed by atoms with E-state index in [9.17, 15) is 5.11 Å². The number of hydrogen-bond donors (Lipinski definition) is 2. The van der Waals surface area contributed by atoms with Gasteiger partial charge in [-0.1, -0.05) is 12.1 Å². The van der Waals surface area contributed by atoms with Gasteiger partial charge in [-0.05, 0) is 22.0 Å². The minimum atomic E-state index is 0.236. The number of halogens is 1. The van der Waals surface area contributed by atoms with Gasteiger partial charge in [-0.25, -0.2) is 0 Å². The van der Waals surface area contributed by atoms with Gasteiger partial charge in [0.25, 0.3) is 0 Å². The fourth-order valence-corrected chi connectivity index (χ4v) is 1.44. The number of ether oxygens (including phenoxy) is 1. The molecule has 0 aliphatic rings. The highest BCUT2D eigenvalue weighted by molar-refractivity contribution is 9.10. The summed E-state index contributed by atoms with van der Waals surface area (Å²) in [6.45, 7) is 1.47. The van der Waals surface area contributed by atoms with Crippen molar-refractivity contribution in [3.05, 3.63) is 28.2 Å². The second-order valence-electron chi connectivity index (χ2n) is 2.91. The lowest BCUT2D eigenvalue weighted by atomic mass is 10.2. The monoisotopic (exact) mass is 275 g/mol. The molecule has 0 saturated carbocycles. The Hall–Kier alpha value is -0.620. The van der Waals surface area contributed by atoms with Crippen LogP contribution in [-0.2, 0) is 16.1 Å². The maximum atomic E-state index is 9.63. The average Bonchev–Trinajstić information content (AvgIpc) is 2.24. The van der Waals surface area contributed by atoms with Crippen LogP contribution in [0.3, 0.4) is 0 Å². The zero-order valence-electron chi connectivity index (χ0n) is 8.50. The van der Waals surface area contributed by atoms with Crippen molar-refractivity contribution in [3.8, 4) is 5.75 Å². The van der Waals surface area contributed by atoms with Gasteiger partial charge in [0.05, 0.1) is 17.7 Å². The Morgan fingerprint density at radius 2 is 2.20 bits per heavy atom. The van der Waals surface area contributed by atoms with Crippen molar-refractivity contribution in [1.82, 2.24) is 5.48 Å². The molecular weight excluding hydrogens is 262 g/mol. The Kier molecular flexibility index (Phi) is 5.63. The summed E-state index contributed by atoms with van der Waals surface area (Å²) in [5.74, 6) is 0.236. The van der Waals surface area contributed by atoms with Gasteiger partial charge in [0.2, 0.25) is 0 Å². The number of hydrogen-bond acceptors (Lipinski definition) is 4. The van der Waals surface area contributed by atoms with Crippen molar-refractivity contribution in [1.29, 1.82) is 0 Å². The van der Waals surface area contributed by atoms with E-state index in [4.69, 9.17) is 9.57 Å². The van der Waals surface area contributed by atoms with Gasteiger partial charge < -0.3 is 9.84 Å². The largest absolute Gasteiger partial charge is 0.506 e. The second-order valence-corrected chi connectivity index (χ2v) is 3.76. The Morgan fingerprint density at radius 3 is 2.93 bits per heavy atom. The van der Waals surface area contributed by atoms with Crippen molar-refractivity contribution in [2.24, 2.45) is 0 Å². The third-order valence-electron chi connectivity index (χ3n) is 1.82. The molecule has 0 heterocycles. The van der Waals surface area contributed by atoms with E-state index in [-0.39, 0.29) is 5.75 Å². The zero-order valence-corrected chi connectivity index (χ0v) is 10.1. The average molecular weight is 276 g/mol. The molecule has 2 N–H and O–H groups in total. The SMILES string of the molecule is COCCONCc1cccc(Br)c1O. The molecule has 0 amide bonds. The standard InChI is InChI=1S/C10H14BrNO3/c1-14-5-6-15-12-7-8-3-2-4-9(11)10(8)13/h2-4,12-13H,5-7H2,1H3. The summed E-state index contributed by atoms with van der Waals surface area (Å²) in [7, 11) is 1.61. The fraction of sp³-hybridized carbons (Fsp3) is 0.400. The van der Waals surface area contributed by atoms with E-state index in [1.54, 1.807) is 13.2 Å². The van der Waals surface area contributed by atoms with Crippen LogP contribution in [0.1, 0.15) is 5.56 Å². The lowest BCUT2D eigenvalue weighted by Crippen LogP contribution is -2.17. The first-order valence-corrected chi connectivity index (χ1v) is 5.35. The van der Waals surface area contributed by atoms with Gasteiger partial charge in [-0.2, -0.15) is 5.48 Å². The first-order valence-electron chi connectivity index (χ1n) is 4.55. The third kappa shape index (κ3) is 4.17. The fourth-order valence-electron chi connectivity index (χ4n) is 1.03. The van der Waals surface area contributed by atoms with Crippen molar-refractivity contribution in [2.75, 3.05) is 20.3 Å². The Morgan fingerprint density at radius 1 is 1.40 bits per heavy atom. The molecule has 84 valence electrons. The molecule has 15 heavy (non-hydrogen) atoms. The van der Waals surface area contributed by atoms with Gasteiger partial charge in [-0.3, -0.25) is 4.84 Å². The minimum Gasteiger partial charge on any atom is -0.506 e. The highest BCUT2D eigenvalue weighted by Crippen LogP contribution is 2.26. The summed E-state index contributed by atoms with van der Waals surface area (Å²) < 4.78 is 5.49. The highest BCUT2D eigenvalue weighted by atomic mass is 79.9. The van der Waals surface area contributed by atoms with Gasteiger partial charge in [-0.15, -0.1) is 0 Å². The summed E-state index contributed by atoms with van der Waals surface area (Å²) in [6.07, 6.45) is 0. The van der Waals surface area contributed by atoms with E-state index in [0.29, 0.717) is 24.2 Å². The van der Waals surface area contributed by atoms with Crippen LogP contribution in [0, 0.1) is 0 Å². The molecule has 0 radical (unpaired) electrons. The molecule has 0 saturated heterocycles. The first-order chi connectivity index (χ1) is 7.25. The Balaban J connectivity index is 2.34. The predicted octanol–water partition coefficient (Wildman–Crippen LogP) is 1.82. The molecule has 0 aromatic heterocycles. The minimum absolute atomic E-state index is 0.236. The van der Waals surface area contributed by atoms with E-state index in [0.717, 1.165) is 5.56 Å². The van der Waals surface area contributed by atoms with Crippen LogP contribution < -0.4 is 5.48 Å². The molecule has 0 aliphatic heterocycles. The van der Waals surface area contributed by atoms with E-state index < -0.39 is 0 Å². The van der Waals surface area contributed by atoms with Crippen molar-refractivity contribution in [2.45, 2.75) is 6.54 Å². The summed E-state index contributed by atoms with van der Waals surface area (Å²) in [5, 5.41) is 9.63. The van der Waals surface area contributed by atoms with Crippen LogP contribution in [0.15, 0.2) is 22.7 Å². The molecule has 0 unspecified atom stereocenters. The normalized spacial score (nSPS) is 10.5. The molecule has 0 aliphatic carbocycles. The van der Waals surface area contributed by atoms with Crippen LogP contribution in [0.4, 0.5) is 0 Å². The Labute approximate surface area is 97.3 Å². The van der Waals surface area contributed by atoms with Gasteiger partial charge in [0.1, 0.15) is 5.75 Å². The van der Waals surface area contributed by atoms with Crippen LogP contribution in [-0.4, -0.2) is 25.4 Å². The van der Waals surface area contributed by atoms with Gasteiger partial charge in [0, 0.05) is 19.2 Å².